The van der Waals surface area contributed by atoms with E-state index in [1.807, 2.05) is 9.44 Å². The van der Waals surface area contributed by atoms with E-state index in [9.17, 15) is 21.6 Å². The van der Waals surface area contributed by atoms with Crippen molar-refractivity contribution in [3.05, 3.63) is 59.2 Å². The van der Waals surface area contributed by atoms with Crippen LogP contribution in [-0.4, -0.2) is 43.3 Å². The van der Waals surface area contributed by atoms with Gasteiger partial charge < -0.3 is 4.90 Å². The van der Waals surface area contributed by atoms with Crippen molar-refractivity contribution in [1.82, 2.24) is 4.90 Å². The Balaban J connectivity index is 1.62. The highest BCUT2D eigenvalue weighted by Gasteiger charge is 2.21. The molecule has 10 nitrogen and oxygen atoms in total. The number of anilines is 2. The third kappa shape index (κ3) is 6.42. The molecule has 0 bridgehead atoms. The quantitative estimate of drug-likeness (QED) is 0.463. The van der Waals surface area contributed by atoms with Crippen molar-refractivity contribution in [3.63, 3.8) is 0 Å². The summed E-state index contributed by atoms with van der Waals surface area (Å²) in [5.41, 5.74) is 2.95. The normalized spacial score (nSPS) is 14.1. The molecule has 0 aliphatic carbocycles. The number of nitrogens with one attached hydrogen (secondary N) is 2. The number of carbonyl (C=O) groups is 1. The van der Waals surface area contributed by atoms with Crippen molar-refractivity contribution >= 4 is 37.9 Å². The van der Waals surface area contributed by atoms with Crippen molar-refractivity contribution in [3.8, 4) is 0 Å². The summed E-state index contributed by atoms with van der Waals surface area (Å²) in [6, 6.07) is 11.3. The predicted molar refractivity (Wildman–Crippen MR) is 111 cm³/mol. The smallest absolute Gasteiger partial charge is 0.338 e. The van der Waals surface area contributed by atoms with Crippen LogP contribution in [0.4, 0.5) is 11.4 Å². The van der Waals surface area contributed by atoms with Crippen molar-refractivity contribution in [2.24, 2.45) is 0 Å². The molecule has 3 rings (SSSR count). The Morgan fingerprint density at radius 2 is 1.60 bits per heavy atom. The highest BCUT2D eigenvalue weighted by molar-refractivity contribution is 7.87. The van der Waals surface area contributed by atoms with Crippen LogP contribution in [0.1, 0.15) is 23.1 Å². The lowest BCUT2D eigenvalue weighted by Gasteiger charge is -2.29. The van der Waals surface area contributed by atoms with Crippen molar-refractivity contribution in [2.75, 3.05) is 16.0 Å². The molecule has 12 heteroatoms. The van der Waals surface area contributed by atoms with Gasteiger partial charge in [0, 0.05) is 19.5 Å². The lowest BCUT2D eigenvalue weighted by Crippen LogP contribution is -2.36. The maximum absolute atomic E-state index is 12.6. The van der Waals surface area contributed by atoms with Gasteiger partial charge in [0.2, 0.25) is 5.91 Å². The fourth-order valence-electron chi connectivity index (χ4n) is 3.33. The van der Waals surface area contributed by atoms with Gasteiger partial charge in [-0.15, -0.1) is 0 Å². The first-order valence-corrected chi connectivity index (χ1v) is 11.9. The predicted octanol–water partition coefficient (Wildman–Crippen LogP) is 1.63. The highest BCUT2D eigenvalue weighted by Crippen LogP contribution is 2.24. The van der Waals surface area contributed by atoms with E-state index in [2.05, 4.69) is 0 Å². The number of fused-ring (bicyclic) bond motifs is 1. The summed E-state index contributed by atoms with van der Waals surface area (Å²) in [7, 11) is -8.75. The van der Waals surface area contributed by atoms with E-state index in [0.717, 1.165) is 16.7 Å². The Morgan fingerprint density at radius 1 is 0.933 bits per heavy atom. The van der Waals surface area contributed by atoms with Gasteiger partial charge in [0.25, 0.3) is 0 Å². The number of carbonyl (C=O) groups excluding carboxylic acids is 1. The van der Waals surface area contributed by atoms with Gasteiger partial charge in [-0.3, -0.25) is 23.3 Å². The number of rotatable bonds is 7. The van der Waals surface area contributed by atoms with Crippen LogP contribution in [0.3, 0.4) is 0 Å². The molecule has 0 unspecified atom stereocenters. The third-order valence-electron chi connectivity index (χ3n) is 4.62. The molecule has 0 saturated carbocycles. The Bertz CT molecular complexity index is 1160. The summed E-state index contributed by atoms with van der Waals surface area (Å²) in [5, 5.41) is 0. The minimum atomic E-state index is -4.38. The number of amides is 1. The van der Waals surface area contributed by atoms with Crippen LogP contribution in [0.5, 0.6) is 0 Å². The van der Waals surface area contributed by atoms with Gasteiger partial charge >= 0.3 is 20.6 Å². The zero-order valence-corrected chi connectivity index (χ0v) is 17.4. The molecule has 1 aliphatic rings. The molecule has 2 aromatic carbocycles. The summed E-state index contributed by atoms with van der Waals surface area (Å²) in [5.74, 6) is -0.0954. The molecule has 4 N–H and O–H groups in total. The fourth-order valence-corrected chi connectivity index (χ4v) is 4.18. The van der Waals surface area contributed by atoms with Crippen LogP contribution in [-0.2, 0) is 44.8 Å². The summed E-state index contributed by atoms with van der Waals surface area (Å²) in [6.45, 7) is 0.848. The standard InChI is InChI=1S/C18H21N3O7S2/c22-18(7-4-13-2-1-3-16(10-13)19-29(23,24)25)21-9-8-14-5-6-17(11-15(14)12-21)20-30(26,27)28/h1-3,5-6,10-11,19-20H,4,7-9,12H2,(H,23,24,25)(H,26,27,28). The van der Waals surface area contributed by atoms with Gasteiger partial charge in [-0.05, 0) is 53.8 Å². The molecule has 30 heavy (non-hydrogen) atoms. The average molecular weight is 456 g/mol. The van der Waals surface area contributed by atoms with E-state index in [1.165, 1.54) is 6.07 Å². The number of aryl methyl sites for hydroxylation is 1. The first-order valence-electron chi connectivity index (χ1n) is 8.97. The van der Waals surface area contributed by atoms with Crippen molar-refractivity contribution < 1.29 is 30.7 Å². The second kappa shape index (κ2) is 8.60. The maximum atomic E-state index is 12.6. The van der Waals surface area contributed by atoms with E-state index < -0.39 is 20.6 Å². The molecule has 0 saturated heterocycles. The summed E-state index contributed by atoms with van der Waals surface area (Å²) >= 11 is 0. The van der Waals surface area contributed by atoms with Gasteiger partial charge in [0.1, 0.15) is 0 Å². The monoisotopic (exact) mass is 455 g/mol. The molecule has 0 spiro atoms. The lowest BCUT2D eigenvalue weighted by molar-refractivity contribution is -0.132. The van der Waals surface area contributed by atoms with Gasteiger partial charge in [-0.25, -0.2) is 0 Å². The zero-order valence-electron chi connectivity index (χ0n) is 15.8. The maximum Gasteiger partial charge on any atom is 0.357 e. The van der Waals surface area contributed by atoms with Crippen molar-refractivity contribution in [1.29, 1.82) is 0 Å². The minimum absolute atomic E-state index is 0.0954. The lowest BCUT2D eigenvalue weighted by atomic mass is 9.98. The number of benzene rings is 2. The molecule has 0 fully saturated rings. The second-order valence-electron chi connectivity index (χ2n) is 6.90. The minimum Gasteiger partial charge on any atom is -0.338 e. The first kappa shape index (κ1) is 22.0. The van der Waals surface area contributed by atoms with Crippen molar-refractivity contribution in [2.45, 2.75) is 25.8 Å². The Kier molecular flexibility index (Phi) is 6.31. The molecule has 1 amide bonds. The van der Waals surface area contributed by atoms with Crippen LogP contribution in [0.25, 0.3) is 0 Å². The Morgan fingerprint density at radius 3 is 2.27 bits per heavy atom. The molecule has 1 heterocycles. The average Bonchev–Trinajstić information content (AvgIpc) is 2.63. The fraction of sp³-hybridized carbons (Fsp3) is 0.278. The topological polar surface area (TPSA) is 153 Å². The first-order chi connectivity index (χ1) is 14.0. The SMILES string of the molecule is O=C(CCc1cccc(NS(=O)(=O)O)c1)N1CCc2ccc(NS(=O)(=O)O)cc2C1. The van der Waals surface area contributed by atoms with Crippen LogP contribution in [0, 0.1) is 0 Å². The van der Waals surface area contributed by atoms with E-state index in [0.29, 0.717) is 25.9 Å². The molecule has 0 aromatic heterocycles. The molecular formula is C18H21N3O7S2. The summed E-state index contributed by atoms with van der Waals surface area (Å²) in [6.07, 6.45) is 1.21. The molecule has 2 aromatic rings. The second-order valence-corrected chi connectivity index (χ2v) is 9.21. The van der Waals surface area contributed by atoms with E-state index in [4.69, 9.17) is 9.11 Å². The highest BCUT2D eigenvalue weighted by atomic mass is 32.2. The molecule has 162 valence electrons. The van der Waals surface area contributed by atoms with Crippen LogP contribution >= 0.6 is 0 Å². The summed E-state index contributed by atoms with van der Waals surface area (Å²) < 4.78 is 65.6. The third-order valence-corrected chi connectivity index (χ3v) is 5.61. The van der Waals surface area contributed by atoms with Crippen LogP contribution in [0.15, 0.2) is 42.5 Å². The van der Waals surface area contributed by atoms with Gasteiger partial charge in [-0.1, -0.05) is 18.2 Å². The Labute approximate surface area is 174 Å². The summed E-state index contributed by atoms with van der Waals surface area (Å²) in [4.78, 5) is 14.3. The largest absolute Gasteiger partial charge is 0.357 e. The number of hydrogen-bond donors (Lipinski definition) is 4. The number of nitrogens with zero attached hydrogens (tertiary/aromatic N) is 1. The molecule has 1 aliphatic heterocycles. The zero-order chi connectivity index (χ0) is 21.9. The van der Waals surface area contributed by atoms with Gasteiger partial charge in [-0.2, -0.15) is 16.8 Å². The molecule has 0 atom stereocenters. The molecule has 0 radical (unpaired) electrons. The number of hydrogen-bond acceptors (Lipinski definition) is 5. The van der Waals surface area contributed by atoms with E-state index in [1.54, 1.807) is 41.3 Å². The van der Waals surface area contributed by atoms with Crippen LogP contribution < -0.4 is 9.44 Å². The molecular weight excluding hydrogens is 434 g/mol. The van der Waals surface area contributed by atoms with Crippen LogP contribution in [0.2, 0.25) is 0 Å². The Hall–Kier alpha value is -2.67. The van der Waals surface area contributed by atoms with E-state index in [-0.39, 0.29) is 23.7 Å². The van der Waals surface area contributed by atoms with Gasteiger partial charge in [0.05, 0.1) is 11.4 Å². The van der Waals surface area contributed by atoms with Gasteiger partial charge in [0.15, 0.2) is 0 Å². The van der Waals surface area contributed by atoms with E-state index >= 15 is 0 Å².